The molecule has 1 heterocycles. The van der Waals surface area contributed by atoms with Crippen LogP contribution in [-0.2, 0) is 23.6 Å². The van der Waals surface area contributed by atoms with E-state index in [1.807, 2.05) is 23.1 Å². The van der Waals surface area contributed by atoms with Gasteiger partial charge in [0, 0.05) is 30.3 Å². The van der Waals surface area contributed by atoms with E-state index in [1.54, 1.807) is 7.11 Å². The van der Waals surface area contributed by atoms with Gasteiger partial charge in [-0.05, 0) is 19.1 Å². The molecule has 1 saturated carbocycles. The maximum absolute atomic E-state index is 5.24. The molecule has 0 radical (unpaired) electrons. The van der Waals surface area contributed by atoms with Crippen LogP contribution >= 0.6 is 23.1 Å². The zero-order valence-corrected chi connectivity index (χ0v) is 12.8. The number of thiazole rings is 1. The predicted molar refractivity (Wildman–Crippen MR) is 79.1 cm³/mol. The molecule has 1 fully saturated rings. The smallest absolute Gasteiger partial charge is 0.103 e. The summed E-state index contributed by atoms with van der Waals surface area (Å²) in [4.78, 5) is 6.02. The Morgan fingerprint density at radius 1 is 1.44 bits per heavy atom. The summed E-state index contributed by atoms with van der Waals surface area (Å²) in [6.45, 7) is 1.59. The average molecular weight is 286 g/mol. The highest BCUT2D eigenvalue weighted by atomic mass is 32.2. The van der Waals surface area contributed by atoms with Gasteiger partial charge in [0.05, 0.1) is 12.3 Å². The largest absolute Gasteiger partial charge is 0.378 e. The van der Waals surface area contributed by atoms with Gasteiger partial charge in [-0.1, -0.05) is 12.8 Å². The van der Waals surface area contributed by atoms with Gasteiger partial charge in [0.2, 0.25) is 0 Å². The van der Waals surface area contributed by atoms with Gasteiger partial charge in [-0.2, -0.15) is 11.8 Å². The number of ether oxygens (including phenoxy) is 1. The minimum Gasteiger partial charge on any atom is -0.378 e. The Morgan fingerprint density at radius 3 is 2.89 bits per heavy atom. The monoisotopic (exact) mass is 286 g/mol. The molecule has 2 rings (SSSR count). The molecule has 0 amide bonds. The number of hydrogen-bond acceptors (Lipinski definition) is 5. The fraction of sp³-hybridized carbons (Fsp3) is 0.769. The van der Waals surface area contributed by atoms with Gasteiger partial charge in [-0.15, -0.1) is 11.3 Å². The summed E-state index contributed by atoms with van der Waals surface area (Å²) in [7, 11) is 1.74. The quantitative estimate of drug-likeness (QED) is 0.835. The summed E-state index contributed by atoms with van der Waals surface area (Å²) in [5.41, 5.74) is 1.12. The van der Waals surface area contributed by atoms with E-state index in [2.05, 4.69) is 16.6 Å². The number of aromatic nitrogens is 1. The van der Waals surface area contributed by atoms with E-state index in [9.17, 15) is 0 Å². The second kappa shape index (κ2) is 7.48. The number of rotatable bonds is 7. The van der Waals surface area contributed by atoms with Crippen molar-refractivity contribution in [3.63, 3.8) is 0 Å². The Bertz CT molecular complexity index is 362. The van der Waals surface area contributed by atoms with Crippen LogP contribution in [0.2, 0.25) is 0 Å². The van der Waals surface area contributed by atoms with E-state index in [0.29, 0.717) is 12.6 Å². The number of nitrogens with zero attached hydrogens (tertiary/aromatic N) is 1. The van der Waals surface area contributed by atoms with E-state index < -0.39 is 0 Å². The van der Waals surface area contributed by atoms with Crippen molar-refractivity contribution in [3.05, 3.63) is 15.6 Å². The molecule has 102 valence electrons. The zero-order valence-electron chi connectivity index (χ0n) is 11.2. The van der Waals surface area contributed by atoms with Crippen molar-refractivity contribution >= 4 is 23.1 Å². The second-order valence-electron chi connectivity index (χ2n) is 4.71. The Labute approximate surface area is 118 Å². The van der Waals surface area contributed by atoms with E-state index in [1.165, 1.54) is 35.6 Å². The fourth-order valence-electron chi connectivity index (χ4n) is 2.38. The fourth-order valence-corrected chi connectivity index (χ4v) is 4.10. The third-order valence-corrected chi connectivity index (χ3v) is 5.12. The SMILES string of the molecule is COCc1nc(CSC)sc1CNC1CCCC1. The average Bonchev–Trinajstić information content (AvgIpc) is 2.97. The highest BCUT2D eigenvalue weighted by Crippen LogP contribution is 2.24. The molecule has 0 spiro atoms. The van der Waals surface area contributed by atoms with Gasteiger partial charge >= 0.3 is 0 Å². The second-order valence-corrected chi connectivity index (χ2v) is 6.74. The summed E-state index contributed by atoms with van der Waals surface area (Å²) in [6.07, 6.45) is 7.53. The van der Waals surface area contributed by atoms with Crippen molar-refractivity contribution in [1.29, 1.82) is 0 Å². The standard InChI is InChI=1S/C13H22N2OS2/c1-16-8-11-12(18-13(15-11)9-17-2)7-14-10-5-3-4-6-10/h10,14H,3-9H2,1-2H3. The van der Waals surface area contributed by atoms with Crippen molar-refractivity contribution in [2.45, 2.75) is 50.6 Å². The van der Waals surface area contributed by atoms with Gasteiger partial charge in [-0.3, -0.25) is 0 Å². The molecular formula is C13H22N2OS2. The van der Waals surface area contributed by atoms with Crippen molar-refractivity contribution < 1.29 is 4.74 Å². The third-order valence-electron chi connectivity index (χ3n) is 3.28. The summed E-state index contributed by atoms with van der Waals surface area (Å²) in [6, 6.07) is 0.714. The number of hydrogen-bond donors (Lipinski definition) is 1. The van der Waals surface area contributed by atoms with Crippen molar-refractivity contribution in [3.8, 4) is 0 Å². The first-order valence-electron chi connectivity index (χ1n) is 6.52. The van der Waals surface area contributed by atoms with E-state index in [4.69, 9.17) is 4.74 Å². The molecule has 0 aromatic carbocycles. The zero-order chi connectivity index (χ0) is 12.8. The van der Waals surface area contributed by atoms with Crippen LogP contribution in [0.5, 0.6) is 0 Å². The van der Waals surface area contributed by atoms with Crippen molar-refractivity contribution in [1.82, 2.24) is 10.3 Å². The van der Waals surface area contributed by atoms with Crippen LogP contribution in [0.15, 0.2) is 0 Å². The molecule has 0 saturated heterocycles. The molecule has 1 aromatic heterocycles. The first kappa shape index (κ1) is 14.3. The first-order valence-corrected chi connectivity index (χ1v) is 8.73. The topological polar surface area (TPSA) is 34.1 Å². The van der Waals surface area contributed by atoms with Crippen LogP contribution in [0.25, 0.3) is 0 Å². The molecule has 1 N–H and O–H groups in total. The highest BCUT2D eigenvalue weighted by Gasteiger charge is 2.16. The minimum atomic E-state index is 0.632. The van der Waals surface area contributed by atoms with E-state index in [0.717, 1.165) is 18.0 Å². The van der Waals surface area contributed by atoms with Crippen LogP contribution in [0.1, 0.15) is 41.3 Å². The molecule has 1 aromatic rings. The van der Waals surface area contributed by atoms with Crippen molar-refractivity contribution in [2.24, 2.45) is 0 Å². The lowest BCUT2D eigenvalue weighted by molar-refractivity contribution is 0.181. The molecule has 18 heavy (non-hydrogen) atoms. The van der Waals surface area contributed by atoms with Crippen LogP contribution < -0.4 is 5.32 Å². The molecule has 0 aliphatic heterocycles. The number of nitrogens with one attached hydrogen (secondary N) is 1. The van der Waals surface area contributed by atoms with Gasteiger partial charge in [0.15, 0.2) is 0 Å². The summed E-state index contributed by atoms with van der Waals surface area (Å²) < 4.78 is 5.24. The van der Waals surface area contributed by atoms with Crippen LogP contribution in [0.3, 0.4) is 0 Å². The first-order chi connectivity index (χ1) is 8.83. The lowest BCUT2D eigenvalue weighted by Gasteiger charge is -2.11. The van der Waals surface area contributed by atoms with Gasteiger partial charge in [0.1, 0.15) is 5.01 Å². The predicted octanol–water partition coefficient (Wildman–Crippen LogP) is 3.18. The van der Waals surface area contributed by atoms with Gasteiger partial charge in [-0.25, -0.2) is 4.98 Å². The van der Waals surface area contributed by atoms with E-state index >= 15 is 0 Å². The van der Waals surface area contributed by atoms with Crippen LogP contribution in [0.4, 0.5) is 0 Å². The van der Waals surface area contributed by atoms with Gasteiger partial charge < -0.3 is 10.1 Å². The van der Waals surface area contributed by atoms with Gasteiger partial charge in [0.25, 0.3) is 0 Å². The Morgan fingerprint density at radius 2 is 2.22 bits per heavy atom. The minimum absolute atomic E-state index is 0.632. The van der Waals surface area contributed by atoms with Crippen LogP contribution in [0, 0.1) is 0 Å². The van der Waals surface area contributed by atoms with E-state index in [-0.39, 0.29) is 0 Å². The third kappa shape index (κ3) is 3.95. The Hall–Kier alpha value is -0.100. The normalized spacial score (nSPS) is 16.6. The Balaban J connectivity index is 1.95. The van der Waals surface area contributed by atoms with Crippen molar-refractivity contribution in [2.75, 3.05) is 13.4 Å². The summed E-state index contributed by atoms with van der Waals surface area (Å²) in [5, 5.41) is 4.88. The summed E-state index contributed by atoms with van der Waals surface area (Å²) >= 11 is 3.66. The maximum atomic E-state index is 5.24. The van der Waals surface area contributed by atoms with Crippen LogP contribution in [-0.4, -0.2) is 24.4 Å². The Kier molecular flexibility index (Phi) is 5.95. The number of thioether (sulfide) groups is 1. The molecule has 1 aliphatic carbocycles. The molecular weight excluding hydrogens is 264 g/mol. The molecule has 0 atom stereocenters. The molecule has 5 heteroatoms. The molecule has 0 bridgehead atoms. The highest BCUT2D eigenvalue weighted by molar-refractivity contribution is 7.97. The molecule has 1 aliphatic rings. The number of methoxy groups -OCH3 is 1. The lowest BCUT2D eigenvalue weighted by atomic mass is 10.2. The maximum Gasteiger partial charge on any atom is 0.103 e. The molecule has 3 nitrogen and oxygen atoms in total. The lowest BCUT2D eigenvalue weighted by Crippen LogP contribution is -2.25. The molecule has 0 unspecified atom stereocenters. The summed E-state index contributed by atoms with van der Waals surface area (Å²) in [5.74, 6) is 1.00.